The van der Waals surface area contributed by atoms with Gasteiger partial charge in [-0.25, -0.2) is 0 Å². The van der Waals surface area contributed by atoms with E-state index in [1.54, 1.807) is 12.1 Å². The second-order valence-corrected chi connectivity index (χ2v) is 5.57. The molecule has 0 radical (unpaired) electrons. The predicted octanol–water partition coefficient (Wildman–Crippen LogP) is 4.59. The molecule has 0 atom stereocenters. The molecule has 98 valence electrons. The highest BCUT2D eigenvalue weighted by atomic mass is 16.5. The number of carbonyl (C=O) groups is 1. The lowest BCUT2D eigenvalue weighted by Gasteiger charge is -2.19. The van der Waals surface area contributed by atoms with E-state index in [0.717, 1.165) is 12.0 Å². The Balaban J connectivity index is 2.25. The molecule has 0 N–H and O–H groups in total. The van der Waals surface area contributed by atoms with Crippen molar-refractivity contribution in [1.82, 2.24) is 0 Å². The summed E-state index contributed by atoms with van der Waals surface area (Å²) < 4.78 is 5.80. The van der Waals surface area contributed by atoms with Gasteiger partial charge in [-0.15, -0.1) is 0 Å². The van der Waals surface area contributed by atoms with Crippen LogP contribution < -0.4 is 4.74 Å². The van der Waals surface area contributed by atoms with Gasteiger partial charge in [-0.05, 0) is 35.2 Å². The van der Waals surface area contributed by atoms with Gasteiger partial charge in [-0.1, -0.05) is 45.0 Å². The molecule has 2 rings (SSSR count). The third-order valence-electron chi connectivity index (χ3n) is 2.93. The monoisotopic (exact) mass is 254 g/mol. The van der Waals surface area contributed by atoms with Gasteiger partial charge in [0.25, 0.3) is 0 Å². The van der Waals surface area contributed by atoms with Crippen molar-refractivity contribution in [2.24, 2.45) is 0 Å². The van der Waals surface area contributed by atoms with Gasteiger partial charge in [0.2, 0.25) is 0 Å². The molecule has 0 fully saturated rings. The minimum Gasteiger partial charge on any atom is -0.457 e. The summed E-state index contributed by atoms with van der Waals surface area (Å²) in [5.41, 5.74) is 1.92. The standard InChI is InChI=1S/C17H18O2/c1-17(2,3)14-7-5-9-16(11-14)19-15-8-4-6-13(10-15)12-18/h4-12H,1-3H3. The molecule has 0 bridgehead atoms. The van der Waals surface area contributed by atoms with Gasteiger partial charge in [0.05, 0.1) is 0 Å². The van der Waals surface area contributed by atoms with Crippen LogP contribution in [0.1, 0.15) is 36.7 Å². The Labute approximate surface area is 114 Å². The van der Waals surface area contributed by atoms with Gasteiger partial charge in [-0.2, -0.15) is 0 Å². The van der Waals surface area contributed by atoms with E-state index in [9.17, 15) is 4.79 Å². The lowest BCUT2D eigenvalue weighted by molar-refractivity contribution is 0.112. The first-order valence-electron chi connectivity index (χ1n) is 6.33. The van der Waals surface area contributed by atoms with Gasteiger partial charge in [0.1, 0.15) is 17.8 Å². The Morgan fingerprint density at radius 3 is 2.21 bits per heavy atom. The number of hydrogen-bond donors (Lipinski definition) is 0. The molecule has 2 heteroatoms. The SMILES string of the molecule is CC(C)(C)c1cccc(Oc2cccc(C=O)c2)c1. The molecule has 0 spiro atoms. The molecule has 0 aliphatic rings. The average molecular weight is 254 g/mol. The van der Waals surface area contributed by atoms with Crippen LogP contribution in [0.25, 0.3) is 0 Å². The van der Waals surface area contributed by atoms with E-state index in [-0.39, 0.29) is 5.41 Å². The van der Waals surface area contributed by atoms with Crippen molar-refractivity contribution in [3.63, 3.8) is 0 Å². The van der Waals surface area contributed by atoms with Gasteiger partial charge in [0.15, 0.2) is 0 Å². The van der Waals surface area contributed by atoms with E-state index in [0.29, 0.717) is 11.3 Å². The van der Waals surface area contributed by atoms with Crippen molar-refractivity contribution in [3.8, 4) is 11.5 Å². The molecular weight excluding hydrogens is 236 g/mol. The van der Waals surface area contributed by atoms with Crippen LogP contribution in [0.2, 0.25) is 0 Å². The molecule has 19 heavy (non-hydrogen) atoms. The summed E-state index contributed by atoms with van der Waals surface area (Å²) in [5.74, 6) is 1.46. The first-order valence-corrected chi connectivity index (χ1v) is 6.33. The van der Waals surface area contributed by atoms with E-state index >= 15 is 0 Å². The topological polar surface area (TPSA) is 26.3 Å². The number of aldehydes is 1. The van der Waals surface area contributed by atoms with Gasteiger partial charge < -0.3 is 4.74 Å². The largest absolute Gasteiger partial charge is 0.457 e. The zero-order valence-electron chi connectivity index (χ0n) is 11.5. The molecule has 0 heterocycles. The number of benzene rings is 2. The maximum atomic E-state index is 10.7. The highest BCUT2D eigenvalue weighted by molar-refractivity contribution is 5.75. The molecule has 2 aromatic rings. The Kier molecular flexibility index (Phi) is 3.70. The second-order valence-electron chi connectivity index (χ2n) is 5.57. The lowest BCUT2D eigenvalue weighted by atomic mass is 9.87. The number of ether oxygens (including phenoxy) is 1. The summed E-state index contributed by atoms with van der Waals surface area (Å²) in [7, 11) is 0. The van der Waals surface area contributed by atoms with Crippen molar-refractivity contribution in [2.75, 3.05) is 0 Å². The van der Waals surface area contributed by atoms with E-state index in [4.69, 9.17) is 4.74 Å². The fourth-order valence-corrected chi connectivity index (χ4v) is 1.81. The molecule has 0 aliphatic heterocycles. The lowest BCUT2D eigenvalue weighted by Crippen LogP contribution is -2.10. The minimum absolute atomic E-state index is 0.0873. The average Bonchev–Trinajstić information content (AvgIpc) is 2.38. The van der Waals surface area contributed by atoms with Crippen LogP contribution in [0.15, 0.2) is 48.5 Å². The van der Waals surface area contributed by atoms with Crippen molar-refractivity contribution < 1.29 is 9.53 Å². The van der Waals surface area contributed by atoms with E-state index < -0.39 is 0 Å². The van der Waals surface area contributed by atoms with Crippen molar-refractivity contribution in [3.05, 3.63) is 59.7 Å². The highest BCUT2D eigenvalue weighted by Crippen LogP contribution is 2.28. The zero-order valence-corrected chi connectivity index (χ0v) is 11.5. The van der Waals surface area contributed by atoms with Crippen LogP contribution in [0.4, 0.5) is 0 Å². The summed E-state index contributed by atoms with van der Waals surface area (Å²) >= 11 is 0. The zero-order chi connectivity index (χ0) is 13.9. The van der Waals surface area contributed by atoms with Crippen molar-refractivity contribution in [1.29, 1.82) is 0 Å². The summed E-state index contributed by atoms with van der Waals surface area (Å²) in [6, 6.07) is 15.2. The number of carbonyl (C=O) groups excluding carboxylic acids is 1. The quantitative estimate of drug-likeness (QED) is 0.749. The molecule has 0 aromatic heterocycles. The fraction of sp³-hybridized carbons (Fsp3) is 0.235. The molecule has 0 saturated carbocycles. The number of rotatable bonds is 3. The molecule has 0 aliphatic carbocycles. The van der Waals surface area contributed by atoms with Gasteiger partial charge in [0, 0.05) is 5.56 Å². The third-order valence-corrected chi connectivity index (χ3v) is 2.93. The maximum Gasteiger partial charge on any atom is 0.150 e. The first kappa shape index (κ1) is 13.3. The molecule has 2 nitrogen and oxygen atoms in total. The van der Waals surface area contributed by atoms with Crippen molar-refractivity contribution in [2.45, 2.75) is 26.2 Å². The molecule has 2 aromatic carbocycles. The van der Waals surface area contributed by atoms with Crippen LogP contribution in [0.3, 0.4) is 0 Å². The molecule has 0 saturated heterocycles. The van der Waals surface area contributed by atoms with E-state index in [1.807, 2.05) is 30.3 Å². The summed E-state index contributed by atoms with van der Waals surface area (Å²) in [6.07, 6.45) is 0.818. The van der Waals surface area contributed by atoms with Crippen LogP contribution >= 0.6 is 0 Å². The van der Waals surface area contributed by atoms with Crippen molar-refractivity contribution >= 4 is 6.29 Å². The summed E-state index contributed by atoms with van der Waals surface area (Å²) in [4.78, 5) is 10.7. The summed E-state index contributed by atoms with van der Waals surface area (Å²) in [5, 5.41) is 0. The van der Waals surface area contributed by atoms with Crippen LogP contribution in [0, 0.1) is 0 Å². The Morgan fingerprint density at radius 2 is 1.58 bits per heavy atom. The third kappa shape index (κ3) is 3.44. The van der Waals surface area contributed by atoms with Gasteiger partial charge in [-0.3, -0.25) is 4.79 Å². The Bertz CT molecular complexity index is 580. The van der Waals surface area contributed by atoms with E-state index in [1.165, 1.54) is 5.56 Å². The van der Waals surface area contributed by atoms with Gasteiger partial charge >= 0.3 is 0 Å². The second kappa shape index (κ2) is 5.27. The molecule has 0 unspecified atom stereocenters. The van der Waals surface area contributed by atoms with E-state index in [2.05, 4.69) is 26.8 Å². The van der Waals surface area contributed by atoms with Crippen LogP contribution in [-0.4, -0.2) is 6.29 Å². The highest BCUT2D eigenvalue weighted by Gasteiger charge is 2.14. The fourth-order valence-electron chi connectivity index (χ4n) is 1.81. The maximum absolute atomic E-state index is 10.7. The Hall–Kier alpha value is -2.09. The predicted molar refractivity (Wildman–Crippen MR) is 77.0 cm³/mol. The first-order chi connectivity index (χ1) is 8.99. The summed E-state index contributed by atoms with van der Waals surface area (Å²) in [6.45, 7) is 6.50. The Morgan fingerprint density at radius 1 is 0.947 bits per heavy atom. The molecule has 0 amide bonds. The minimum atomic E-state index is 0.0873. The van der Waals surface area contributed by atoms with Crippen LogP contribution in [-0.2, 0) is 5.41 Å². The number of hydrogen-bond acceptors (Lipinski definition) is 2. The normalized spacial score (nSPS) is 11.1. The molecular formula is C17H18O2. The van der Waals surface area contributed by atoms with Crippen LogP contribution in [0.5, 0.6) is 11.5 Å². The smallest absolute Gasteiger partial charge is 0.150 e.